The number of benzene rings is 2. The molecule has 160 valence electrons. The van der Waals surface area contributed by atoms with Gasteiger partial charge in [-0.1, -0.05) is 54.1 Å². The summed E-state index contributed by atoms with van der Waals surface area (Å²) < 4.78 is 1.45. The highest BCUT2D eigenvalue weighted by atomic mass is 35.5. The van der Waals surface area contributed by atoms with Gasteiger partial charge in [0.05, 0.1) is 11.7 Å². The molecule has 0 saturated heterocycles. The van der Waals surface area contributed by atoms with Crippen LogP contribution in [0, 0.1) is 0 Å². The van der Waals surface area contributed by atoms with Gasteiger partial charge in [-0.2, -0.15) is 5.10 Å². The summed E-state index contributed by atoms with van der Waals surface area (Å²) in [5.74, 6) is -0.746. The van der Waals surface area contributed by atoms with E-state index in [9.17, 15) is 9.59 Å². The molecular weight excluding hydrogens is 412 g/mol. The number of carbonyl (C=O) groups is 1. The van der Waals surface area contributed by atoms with Crippen molar-refractivity contribution in [3.05, 3.63) is 87.2 Å². The van der Waals surface area contributed by atoms with E-state index < -0.39 is 11.5 Å². The van der Waals surface area contributed by atoms with Crippen molar-refractivity contribution in [3.8, 4) is 11.3 Å². The molecule has 1 aliphatic rings. The molecule has 0 spiro atoms. The van der Waals surface area contributed by atoms with E-state index in [1.54, 1.807) is 0 Å². The van der Waals surface area contributed by atoms with Gasteiger partial charge >= 0.3 is 0 Å². The lowest BCUT2D eigenvalue weighted by atomic mass is 9.68. The minimum Gasteiger partial charge on any atom is -0.365 e. The fourth-order valence-electron chi connectivity index (χ4n) is 4.51. The Kier molecular flexibility index (Phi) is 5.94. The van der Waals surface area contributed by atoms with Gasteiger partial charge in [0.1, 0.15) is 5.56 Å². The molecule has 0 atom stereocenters. The van der Waals surface area contributed by atoms with Crippen molar-refractivity contribution in [2.24, 2.45) is 11.5 Å². The van der Waals surface area contributed by atoms with E-state index in [4.69, 9.17) is 23.1 Å². The number of halogens is 1. The maximum absolute atomic E-state index is 13.0. The number of aromatic nitrogens is 2. The summed E-state index contributed by atoms with van der Waals surface area (Å²) in [5, 5.41) is 5.30. The third-order valence-electron chi connectivity index (χ3n) is 6.36. The lowest BCUT2D eigenvalue weighted by molar-refractivity contribution is 0.0997. The van der Waals surface area contributed by atoms with Gasteiger partial charge < -0.3 is 11.5 Å². The first-order valence-electron chi connectivity index (χ1n) is 10.4. The highest BCUT2D eigenvalue weighted by Crippen LogP contribution is 2.42. The Morgan fingerprint density at radius 3 is 2.42 bits per heavy atom. The number of nitrogens with zero attached hydrogens (tertiary/aromatic N) is 2. The van der Waals surface area contributed by atoms with E-state index in [0.29, 0.717) is 30.1 Å². The Hall–Kier alpha value is -2.96. The Balaban J connectivity index is 1.69. The van der Waals surface area contributed by atoms with Gasteiger partial charge in [-0.05, 0) is 49.4 Å². The molecule has 4 rings (SSSR count). The van der Waals surface area contributed by atoms with Crippen LogP contribution in [0.3, 0.4) is 0 Å². The summed E-state index contributed by atoms with van der Waals surface area (Å²) in [7, 11) is 0. The molecule has 1 heterocycles. The molecule has 6 nitrogen and oxygen atoms in total. The highest BCUT2D eigenvalue weighted by Gasteiger charge is 2.37. The van der Waals surface area contributed by atoms with E-state index in [2.05, 4.69) is 11.2 Å². The van der Waals surface area contributed by atoms with Crippen molar-refractivity contribution in [1.82, 2.24) is 9.78 Å². The van der Waals surface area contributed by atoms with Gasteiger partial charge in [0.15, 0.2) is 0 Å². The second kappa shape index (κ2) is 8.65. The van der Waals surface area contributed by atoms with Crippen molar-refractivity contribution < 1.29 is 4.79 Å². The molecule has 1 aromatic heterocycles. The van der Waals surface area contributed by atoms with Crippen molar-refractivity contribution in [2.75, 3.05) is 6.54 Å². The fraction of sp³-hybridized carbons (Fsp3) is 0.292. The maximum atomic E-state index is 13.0. The number of nitrogens with two attached hydrogens (primary N) is 2. The van der Waals surface area contributed by atoms with Crippen LogP contribution in [0.4, 0.5) is 0 Å². The van der Waals surface area contributed by atoms with E-state index in [1.807, 2.05) is 48.5 Å². The normalized spacial score (nSPS) is 21.0. The Bertz CT molecular complexity index is 1150. The predicted molar refractivity (Wildman–Crippen MR) is 122 cm³/mol. The van der Waals surface area contributed by atoms with Crippen LogP contribution in [-0.4, -0.2) is 22.2 Å². The average molecular weight is 437 g/mol. The topological polar surface area (TPSA) is 104 Å². The molecule has 2 aromatic carbocycles. The third kappa shape index (κ3) is 4.13. The van der Waals surface area contributed by atoms with Crippen LogP contribution in [0.15, 0.2) is 65.5 Å². The molecule has 1 saturated carbocycles. The smallest absolute Gasteiger partial charge is 0.279 e. The van der Waals surface area contributed by atoms with Gasteiger partial charge in [-0.25, -0.2) is 4.68 Å². The Labute approximate surface area is 185 Å². The van der Waals surface area contributed by atoms with E-state index in [1.165, 1.54) is 10.7 Å². The zero-order chi connectivity index (χ0) is 22.0. The minimum atomic E-state index is -0.746. The minimum absolute atomic E-state index is 0.0423. The van der Waals surface area contributed by atoms with Gasteiger partial charge in [-0.3, -0.25) is 9.59 Å². The Morgan fingerprint density at radius 1 is 1.10 bits per heavy atom. The predicted octanol–water partition coefficient (Wildman–Crippen LogP) is 3.67. The van der Waals surface area contributed by atoms with Crippen LogP contribution in [0.25, 0.3) is 11.3 Å². The summed E-state index contributed by atoms with van der Waals surface area (Å²) >= 11 is 6.21. The molecule has 4 N–H and O–H groups in total. The number of carbonyl (C=O) groups excluding carboxylic acids is 1. The standard InChI is InChI=1S/C24H25ClN4O2/c25-18-8-4-7-17(13-18)24(15-26)11-9-19(10-12-24)29-23(31)20(22(27)30)14-21(28-29)16-5-2-1-3-6-16/h1-8,13-14,19H,9-12,15,26H2,(H2,27,30)/t19-,24-. The van der Waals surface area contributed by atoms with Crippen LogP contribution in [0.1, 0.15) is 47.6 Å². The zero-order valence-electron chi connectivity index (χ0n) is 17.1. The first-order valence-corrected chi connectivity index (χ1v) is 10.8. The van der Waals surface area contributed by atoms with E-state index in [0.717, 1.165) is 24.0 Å². The Morgan fingerprint density at radius 2 is 1.81 bits per heavy atom. The molecule has 3 aromatic rings. The second-order valence-corrected chi connectivity index (χ2v) is 8.59. The first kappa shape index (κ1) is 21.3. The fourth-order valence-corrected chi connectivity index (χ4v) is 4.71. The quantitative estimate of drug-likeness (QED) is 0.636. The van der Waals surface area contributed by atoms with Crippen LogP contribution in [0.5, 0.6) is 0 Å². The van der Waals surface area contributed by atoms with Crippen molar-refractivity contribution >= 4 is 17.5 Å². The molecule has 31 heavy (non-hydrogen) atoms. The molecule has 1 aliphatic carbocycles. The first-order chi connectivity index (χ1) is 14.9. The maximum Gasteiger partial charge on any atom is 0.279 e. The van der Waals surface area contributed by atoms with Gasteiger partial charge in [0.2, 0.25) is 0 Å². The van der Waals surface area contributed by atoms with E-state index in [-0.39, 0.29) is 17.0 Å². The number of primary amides is 1. The zero-order valence-corrected chi connectivity index (χ0v) is 17.9. The molecule has 0 radical (unpaired) electrons. The summed E-state index contributed by atoms with van der Waals surface area (Å²) in [6, 6.07) is 18.6. The van der Waals surface area contributed by atoms with Gasteiger partial charge in [0.25, 0.3) is 11.5 Å². The SMILES string of the molecule is NC[C@]1(c2cccc(Cl)c2)CC[C@H](n2nc(-c3ccccc3)cc(C(N)=O)c2=O)CC1. The van der Waals surface area contributed by atoms with Crippen LogP contribution >= 0.6 is 11.6 Å². The summed E-state index contributed by atoms with van der Waals surface area (Å²) in [6.45, 7) is 0.499. The number of amides is 1. The molecule has 1 fully saturated rings. The average Bonchev–Trinajstić information content (AvgIpc) is 2.80. The molecular formula is C24H25ClN4O2. The number of rotatable bonds is 5. The second-order valence-electron chi connectivity index (χ2n) is 8.15. The largest absolute Gasteiger partial charge is 0.365 e. The molecule has 7 heteroatoms. The lowest BCUT2D eigenvalue weighted by Crippen LogP contribution is -2.42. The van der Waals surface area contributed by atoms with Gasteiger partial charge in [0, 0.05) is 22.5 Å². The highest BCUT2D eigenvalue weighted by molar-refractivity contribution is 6.30. The van der Waals surface area contributed by atoms with Crippen molar-refractivity contribution in [2.45, 2.75) is 37.1 Å². The van der Waals surface area contributed by atoms with Crippen LogP contribution < -0.4 is 17.0 Å². The van der Waals surface area contributed by atoms with Crippen LogP contribution in [-0.2, 0) is 5.41 Å². The number of hydrogen-bond acceptors (Lipinski definition) is 4. The third-order valence-corrected chi connectivity index (χ3v) is 6.59. The summed E-state index contributed by atoms with van der Waals surface area (Å²) in [6.07, 6.45) is 3.02. The monoisotopic (exact) mass is 436 g/mol. The van der Waals surface area contributed by atoms with E-state index >= 15 is 0 Å². The molecule has 0 unspecified atom stereocenters. The molecule has 0 bridgehead atoms. The van der Waals surface area contributed by atoms with Crippen molar-refractivity contribution in [1.29, 1.82) is 0 Å². The van der Waals surface area contributed by atoms with Crippen LogP contribution in [0.2, 0.25) is 5.02 Å². The van der Waals surface area contributed by atoms with Crippen molar-refractivity contribution in [3.63, 3.8) is 0 Å². The van der Waals surface area contributed by atoms with Gasteiger partial charge in [-0.15, -0.1) is 0 Å². The number of hydrogen-bond donors (Lipinski definition) is 2. The summed E-state index contributed by atoms with van der Waals surface area (Å²) in [5.41, 5.74) is 13.5. The molecule has 0 aliphatic heterocycles. The summed E-state index contributed by atoms with van der Waals surface area (Å²) in [4.78, 5) is 25.0. The lowest BCUT2D eigenvalue weighted by Gasteiger charge is -2.40. The molecule has 1 amide bonds.